The second-order valence-electron chi connectivity index (χ2n) is 5.88. The maximum Gasteiger partial charge on any atom is 0.327 e. The minimum Gasteiger partial charge on any atom is -0.480 e. The van der Waals surface area contributed by atoms with Crippen molar-refractivity contribution in [3.05, 3.63) is 0 Å². The first-order valence-corrected chi connectivity index (χ1v) is 8.85. The van der Waals surface area contributed by atoms with Crippen molar-refractivity contribution >= 4 is 23.6 Å². The zero-order chi connectivity index (χ0) is 14.5. The highest BCUT2D eigenvalue weighted by Gasteiger charge is 2.44. The average molecular weight is 299 g/mol. The summed E-state index contributed by atoms with van der Waals surface area (Å²) in [6, 6.07) is -0.615. The van der Waals surface area contributed by atoms with E-state index in [4.69, 9.17) is 0 Å². The number of aliphatic carboxylic acids is 1. The summed E-state index contributed by atoms with van der Waals surface area (Å²) in [7, 11) is 0. The van der Waals surface area contributed by atoms with Gasteiger partial charge >= 0.3 is 5.97 Å². The number of rotatable bonds is 5. The first kappa shape index (κ1) is 15.7. The van der Waals surface area contributed by atoms with Crippen LogP contribution in [0.5, 0.6) is 0 Å². The van der Waals surface area contributed by atoms with Gasteiger partial charge in [-0.1, -0.05) is 32.6 Å². The summed E-state index contributed by atoms with van der Waals surface area (Å²) in [6.07, 6.45) is 8.31. The maximum atomic E-state index is 12.4. The van der Waals surface area contributed by atoms with E-state index in [-0.39, 0.29) is 11.3 Å². The molecular formula is C15H25NO3S. The quantitative estimate of drug-likeness (QED) is 0.847. The molecule has 0 aromatic rings. The summed E-state index contributed by atoms with van der Waals surface area (Å²) in [5, 5.41) is 9.46. The van der Waals surface area contributed by atoms with Gasteiger partial charge in [-0.2, -0.15) is 0 Å². The first-order chi connectivity index (χ1) is 9.65. The van der Waals surface area contributed by atoms with Crippen LogP contribution < -0.4 is 0 Å². The van der Waals surface area contributed by atoms with Gasteiger partial charge in [0.1, 0.15) is 6.04 Å². The second kappa shape index (κ2) is 7.34. The van der Waals surface area contributed by atoms with Crippen molar-refractivity contribution in [3.63, 3.8) is 0 Å². The zero-order valence-electron chi connectivity index (χ0n) is 12.2. The number of carbonyl (C=O) groups is 2. The van der Waals surface area contributed by atoms with E-state index in [1.807, 2.05) is 0 Å². The molecule has 1 saturated carbocycles. The Kier molecular flexibility index (Phi) is 5.75. The van der Waals surface area contributed by atoms with Crippen LogP contribution in [-0.2, 0) is 9.59 Å². The molecule has 2 atom stereocenters. The molecule has 0 radical (unpaired) electrons. The molecule has 20 heavy (non-hydrogen) atoms. The molecule has 1 aliphatic carbocycles. The zero-order valence-corrected chi connectivity index (χ0v) is 13.0. The number of hydrogen-bond acceptors (Lipinski definition) is 3. The summed E-state index contributed by atoms with van der Waals surface area (Å²) in [4.78, 5) is 25.5. The maximum absolute atomic E-state index is 12.4. The number of unbranched alkanes of at least 4 members (excludes halogenated alkanes) is 1. The molecular weight excluding hydrogens is 274 g/mol. The SMILES string of the molecule is CCCCC(=O)N1[C@@H](C2CCCCC2)SC[C@H]1C(=O)O. The lowest BCUT2D eigenvalue weighted by atomic mass is 9.88. The van der Waals surface area contributed by atoms with Gasteiger partial charge in [-0.3, -0.25) is 4.79 Å². The predicted octanol–water partition coefficient (Wildman–Crippen LogP) is 3.11. The molecule has 0 aromatic heterocycles. The molecule has 1 aliphatic heterocycles. The van der Waals surface area contributed by atoms with E-state index >= 15 is 0 Å². The molecule has 1 saturated heterocycles. The Morgan fingerprint density at radius 1 is 1.25 bits per heavy atom. The molecule has 1 amide bonds. The average Bonchev–Trinajstić information content (AvgIpc) is 2.90. The monoisotopic (exact) mass is 299 g/mol. The van der Waals surface area contributed by atoms with Crippen LogP contribution in [0.4, 0.5) is 0 Å². The van der Waals surface area contributed by atoms with Crippen molar-refractivity contribution in [3.8, 4) is 0 Å². The smallest absolute Gasteiger partial charge is 0.327 e. The van der Waals surface area contributed by atoms with E-state index in [0.717, 1.165) is 25.7 Å². The Balaban J connectivity index is 2.08. The Labute approximate surface area is 125 Å². The molecule has 0 unspecified atom stereocenters. The summed E-state index contributed by atoms with van der Waals surface area (Å²) in [5.74, 6) is 0.234. The highest BCUT2D eigenvalue weighted by Crippen LogP contribution is 2.40. The van der Waals surface area contributed by atoms with Crippen LogP contribution in [0.2, 0.25) is 0 Å². The third-order valence-electron chi connectivity index (χ3n) is 4.41. The number of carboxylic acid groups (broad SMARTS) is 1. The molecule has 5 heteroatoms. The van der Waals surface area contributed by atoms with E-state index in [9.17, 15) is 14.7 Å². The summed E-state index contributed by atoms with van der Waals surface area (Å²) in [5.41, 5.74) is 0. The van der Waals surface area contributed by atoms with Gasteiger partial charge in [0.25, 0.3) is 0 Å². The fourth-order valence-electron chi connectivity index (χ4n) is 3.27. The van der Waals surface area contributed by atoms with Crippen LogP contribution in [-0.4, -0.2) is 39.1 Å². The summed E-state index contributed by atoms with van der Waals surface area (Å²) in [6.45, 7) is 2.05. The predicted molar refractivity (Wildman–Crippen MR) is 80.6 cm³/mol. The van der Waals surface area contributed by atoms with Crippen molar-refractivity contribution < 1.29 is 14.7 Å². The number of thioether (sulfide) groups is 1. The van der Waals surface area contributed by atoms with Gasteiger partial charge in [0.2, 0.25) is 5.91 Å². The lowest BCUT2D eigenvalue weighted by Gasteiger charge is -2.35. The van der Waals surface area contributed by atoms with Crippen molar-refractivity contribution in [2.24, 2.45) is 5.92 Å². The van der Waals surface area contributed by atoms with Gasteiger partial charge in [0.05, 0.1) is 5.37 Å². The molecule has 1 N–H and O–H groups in total. The topological polar surface area (TPSA) is 57.6 Å². The van der Waals surface area contributed by atoms with Crippen molar-refractivity contribution in [1.82, 2.24) is 4.90 Å². The van der Waals surface area contributed by atoms with Crippen molar-refractivity contribution in [2.75, 3.05) is 5.75 Å². The van der Waals surface area contributed by atoms with E-state index in [1.165, 1.54) is 19.3 Å². The van der Waals surface area contributed by atoms with Gasteiger partial charge in [-0.05, 0) is 25.2 Å². The molecule has 4 nitrogen and oxygen atoms in total. The Morgan fingerprint density at radius 2 is 1.95 bits per heavy atom. The fraction of sp³-hybridized carbons (Fsp3) is 0.867. The Bertz CT molecular complexity index is 355. The molecule has 114 valence electrons. The standard InChI is InChI=1S/C15H25NO3S/c1-2-3-9-13(17)16-12(15(18)19)10-20-14(16)11-7-5-4-6-8-11/h11-12,14H,2-10H2,1H3,(H,18,19)/t12-,14+/m0/s1. The van der Waals surface area contributed by atoms with Gasteiger partial charge in [-0.25, -0.2) is 4.79 Å². The van der Waals surface area contributed by atoms with Crippen LogP contribution in [0.1, 0.15) is 58.3 Å². The lowest BCUT2D eigenvalue weighted by Crippen LogP contribution is -2.48. The highest BCUT2D eigenvalue weighted by molar-refractivity contribution is 8.00. The molecule has 0 spiro atoms. The third kappa shape index (κ3) is 3.48. The minimum atomic E-state index is -0.847. The molecule has 2 fully saturated rings. The fourth-order valence-corrected chi connectivity index (χ4v) is 4.93. The highest BCUT2D eigenvalue weighted by atomic mass is 32.2. The summed E-state index contributed by atoms with van der Waals surface area (Å²) >= 11 is 1.68. The summed E-state index contributed by atoms with van der Waals surface area (Å²) < 4.78 is 0. The normalized spacial score (nSPS) is 27.8. The van der Waals surface area contributed by atoms with Gasteiger partial charge in [0, 0.05) is 12.2 Å². The number of carbonyl (C=O) groups excluding carboxylic acids is 1. The molecule has 2 aliphatic rings. The molecule has 2 rings (SSSR count). The van der Waals surface area contributed by atoms with E-state index in [1.54, 1.807) is 16.7 Å². The van der Waals surface area contributed by atoms with Crippen molar-refractivity contribution in [2.45, 2.75) is 69.7 Å². The van der Waals surface area contributed by atoms with Crippen LogP contribution in [0, 0.1) is 5.92 Å². The minimum absolute atomic E-state index is 0.0415. The lowest BCUT2D eigenvalue weighted by molar-refractivity contribution is -0.149. The third-order valence-corrected chi connectivity index (χ3v) is 5.87. The van der Waals surface area contributed by atoms with Crippen LogP contribution in [0.25, 0.3) is 0 Å². The number of hydrogen-bond donors (Lipinski definition) is 1. The van der Waals surface area contributed by atoms with E-state index < -0.39 is 12.0 Å². The van der Waals surface area contributed by atoms with Crippen LogP contribution in [0.3, 0.4) is 0 Å². The Hall–Kier alpha value is -0.710. The Morgan fingerprint density at radius 3 is 2.55 bits per heavy atom. The van der Waals surface area contributed by atoms with Crippen LogP contribution >= 0.6 is 11.8 Å². The first-order valence-electron chi connectivity index (χ1n) is 7.80. The largest absolute Gasteiger partial charge is 0.480 e. The second-order valence-corrected chi connectivity index (χ2v) is 7.03. The van der Waals surface area contributed by atoms with E-state index in [2.05, 4.69) is 6.92 Å². The van der Waals surface area contributed by atoms with Gasteiger partial charge in [-0.15, -0.1) is 11.8 Å². The molecule has 1 heterocycles. The van der Waals surface area contributed by atoms with Crippen molar-refractivity contribution in [1.29, 1.82) is 0 Å². The van der Waals surface area contributed by atoms with E-state index in [0.29, 0.717) is 18.1 Å². The van der Waals surface area contributed by atoms with Gasteiger partial charge in [0.15, 0.2) is 0 Å². The number of carboxylic acids is 1. The molecule has 0 aromatic carbocycles. The van der Waals surface area contributed by atoms with Crippen LogP contribution in [0.15, 0.2) is 0 Å². The van der Waals surface area contributed by atoms with Gasteiger partial charge < -0.3 is 10.0 Å². The number of amides is 1. The molecule has 0 bridgehead atoms. The number of nitrogens with zero attached hydrogens (tertiary/aromatic N) is 1.